The van der Waals surface area contributed by atoms with Crippen molar-refractivity contribution in [1.29, 1.82) is 0 Å². The van der Waals surface area contributed by atoms with Crippen LogP contribution in [0.3, 0.4) is 0 Å². The smallest absolute Gasteiger partial charge is 0.289 e. The fraction of sp³-hybridized carbons (Fsp3) is 0.583. The van der Waals surface area contributed by atoms with Gasteiger partial charge in [0, 0.05) is 13.1 Å². The molecule has 1 saturated heterocycles. The first kappa shape index (κ1) is 12.5. The van der Waals surface area contributed by atoms with Gasteiger partial charge in [0.05, 0.1) is 11.9 Å². The summed E-state index contributed by atoms with van der Waals surface area (Å²) in [5, 5.41) is 9.39. The maximum absolute atomic E-state index is 12.1. The Morgan fingerprint density at radius 1 is 1.53 bits per heavy atom. The van der Waals surface area contributed by atoms with Crippen molar-refractivity contribution in [3.63, 3.8) is 0 Å². The van der Waals surface area contributed by atoms with Gasteiger partial charge in [0.15, 0.2) is 5.76 Å². The normalized spacial score (nSPS) is 17.4. The van der Waals surface area contributed by atoms with Crippen molar-refractivity contribution < 1.29 is 14.3 Å². The molecule has 0 unspecified atom stereocenters. The second-order valence-corrected chi connectivity index (χ2v) is 5.09. The SMILES string of the molecule is CSCc1ccc(C(=O)N2CCC(O)CC2)o1. The van der Waals surface area contributed by atoms with Gasteiger partial charge in [0.25, 0.3) is 5.91 Å². The zero-order chi connectivity index (χ0) is 12.3. The highest BCUT2D eigenvalue weighted by molar-refractivity contribution is 7.97. The molecule has 94 valence electrons. The largest absolute Gasteiger partial charge is 0.455 e. The van der Waals surface area contributed by atoms with Gasteiger partial charge in [-0.3, -0.25) is 4.79 Å². The van der Waals surface area contributed by atoms with E-state index in [1.165, 1.54) is 0 Å². The predicted molar refractivity (Wildman–Crippen MR) is 67.1 cm³/mol. The fourth-order valence-electron chi connectivity index (χ4n) is 1.94. The number of aliphatic hydroxyl groups is 1. The Kier molecular flexibility index (Phi) is 4.12. The molecule has 0 saturated carbocycles. The molecule has 0 aliphatic carbocycles. The quantitative estimate of drug-likeness (QED) is 0.894. The van der Waals surface area contributed by atoms with Crippen LogP contribution in [-0.4, -0.2) is 41.4 Å². The van der Waals surface area contributed by atoms with Gasteiger partial charge in [-0.1, -0.05) is 0 Å². The van der Waals surface area contributed by atoms with Crippen LogP contribution in [0.4, 0.5) is 0 Å². The Balaban J connectivity index is 1.98. The molecule has 1 amide bonds. The summed E-state index contributed by atoms with van der Waals surface area (Å²) in [4.78, 5) is 13.8. The van der Waals surface area contributed by atoms with Gasteiger partial charge < -0.3 is 14.4 Å². The molecule has 1 aromatic heterocycles. The summed E-state index contributed by atoms with van der Waals surface area (Å²) in [7, 11) is 0. The van der Waals surface area contributed by atoms with E-state index in [1.807, 2.05) is 12.3 Å². The Bertz CT molecular complexity index is 383. The number of thioether (sulfide) groups is 1. The molecule has 1 aromatic rings. The van der Waals surface area contributed by atoms with Crippen LogP contribution in [0.15, 0.2) is 16.5 Å². The Morgan fingerprint density at radius 2 is 2.24 bits per heavy atom. The third-order valence-corrected chi connectivity index (χ3v) is 3.48. The number of likely N-dealkylation sites (tertiary alicyclic amines) is 1. The van der Waals surface area contributed by atoms with Crippen molar-refractivity contribution >= 4 is 17.7 Å². The van der Waals surface area contributed by atoms with Crippen LogP contribution in [0.25, 0.3) is 0 Å². The van der Waals surface area contributed by atoms with Crippen LogP contribution < -0.4 is 0 Å². The second kappa shape index (κ2) is 5.60. The molecule has 1 aliphatic heterocycles. The molecule has 5 heteroatoms. The topological polar surface area (TPSA) is 53.7 Å². The van der Waals surface area contributed by atoms with E-state index in [1.54, 1.807) is 22.7 Å². The van der Waals surface area contributed by atoms with Crippen LogP contribution in [0.5, 0.6) is 0 Å². The highest BCUT2D eigenvalue weighted by Crippen LogP contribution is 2.17. The number of hydrogen-bond donors (Lipinski definition) is 1. The molecule has 0 atom stereocenters. The van der Waals surface area contributed by atoms with E-state index in [0.29, 0.717) is 31.7 Å². The molecule has 1 aliphatic rings. The molecule has 1 fully saturated rings. The molecule has 0 bridgehead atoms. The van der Waals surface area contributed by atoms with E-state index in [9.17, 15) is 9.90 Å². The van der Waals surface area contributed by atoms with Crippen LogP contribution >= 0.6 is 11.8 Å². The molecular formula is C12H17NO3S. The predicted octanol–water partition coefficient (Wildman–Crippen LogP) is 1.74. The van der Waals surface area contributed by atoms with E-state index in [0.717, 1.165) is 11.5 Å². The van der Waals surface area contributed by atoms with E-state index < -0.39 is 0 Å². The number of carbonyl (C=O) groups is 1. The fourth-order valence-corrected chi connectivity index (χ4v) is 2.38. The Labute approximate surface area is 105 Å². The molecule has 0 spiro atoms. The highest BCUT2D eigenvalue weighted by atomic mass is 32.2. The number of piperidine rings is 1. The minimum atomic E-state index is -0.261. The van der Waals surface area contributed by atoms with Gasteiger partial charge in [-0.2, -0.15) is 11.8 Å². The molecule has 0 aromatic carbocycles. The van der Waals surface area contributed by atoms with Gasteiger partial charge >= 0.3 is 0 Å². The monoisotopic (exact) mass is 255 g/mol. The molecular weight excluding hydrogens is 238 g/mol. The highest BCUT2D eigenvalue weighted by Gasteiger charge is 2.24. The molecule has 2 rings (SSSR count). The zero-order valence-electron chi connectivity index (χ0n) is 9.89. The molecule has 4 nitrogen and oxygen atoms in total. The summed E-state index contributed by atoms with van der Waals surface area (Å²) < 4.78 is 5.49. The van der Waals surface area contributed by atoms with Gasteiger partial charge in [0.2, 0.25) is 0 Å². The van der Waals surface area contributed by atoms with Gasteiger partial charge in [-0.05, 0) is 31.2 Å². The summed E-state index contributed by atoms with van der Waals surface area (Å²) in [6.45, 7) is 1.22. The minimum absolute atomic E-state index is 0.0655. The first-order valence-electron chi connectivity index (χ1n) is 5.75. The Hall–Kier alpha value is -0.940. The van der Waals surface area contributed by atoms with Gasteiger partial charge in [-0.15, -0.1) is 0 Å². The molecule has 17 heavy (non-hydrogen) atoms. The van der Waals surface area contributed by atoms with E-state index in [2.05, 4.69) is 0 Å². The number of furan rings is 1. The van der Waals surface area contributed by atoms with Crippen molar-refractivity contribution in [2.45, 2.75) is 24.7 Å². The number of carbonyl (C=O) groups excluding carboxylic acids is 1. The minimum Gasteiger partial charge on any atom is -0.455 e. The Morgan fingerprint density at radius 3 is 2.88 bits per heavy atom. The average Bonchev–Trinajstić information content (AvgIpc) is 2.78. The lowest BCUT2D eigenvalue weighted by Crippen LogP contribution is -2.39. The lowest BCUT2D eigenvalue weighted by molar-refractivity contribution is 0.0519. The van der Waals surface area contributed by atoms with E-state index >= 15 is 0 Å². The maximum Gasteiger partial charge on any atom is 0.289 e. The summed E-state index contributed by atoms with van der Waals surface area (Å²) in [6, 6.07) is 3.58. The van der Waals surface area contributed by atoms with Crippen LogP contribution in [0.2, 0.25) is 0 Å². The van der Waals surface area contributed by atoms with Crippen molar-refractivity contribution in [2.75, 3.05) is 19.3 Å². The lowest BCUT2D eigenvalue weighted by atomic mass is 10.1. The number of hydrogen-bond acceptors (Lipinski definition) is 4. The molecule has 2 heterocycles. The number of amides is 1. The number of aliphatic hydroxyl groups excluding tert-OH is 1. The standard InChI is InChI=1S/C12H17NO3S/c1-17-8-10-2-3-11(16-10)12(15)13-6-4-9(14)5-7-13/h2-3,9,14H,4-8H2,1H3. The van der Waals surface area contributed by atoms with Gasteiger partial charge in [-0.25, -0.2) is 0 Å². The average molecular weight is 255 g/mol. The second-order valence-electron chi connectivity index (χ2n) is 4.22. The summed E-state index contributed by atoms with van der Waals surface area (Å²) in [6.07, 6.45) is 3.05. The summed E-state index contributed by atoms with van der Waals surface area (Å²) in [5.41, 5.74) is 0. The number of nitrogens with zero attached hydrogens (tertiary/aromatic N) is 1. The van der Waals surface area contributed by atoms with Crippen LogP contribution in [0.1, 0.15) is 29.2 Å². The van der Waals surface area contributed by atoms with Crippen molar-refractivity contribution in [1.82, 2.24) is 4.90 Å². The first-order valence-corrected chi connectivity index (χ1v) is 7.15. The summed E-state index contributed by atoms with van der Waals surface area (Å²) in [5.74, 6) is 1.96. The lowest BCUT2D eigenvalue weighted by Gasteiger charge is -2.28. The number of rotatable bonds is 3. The molecule has 1 N–H and O–H groups in total. The van der Waals surface area contributed by atoms with Crippen LogP contribution in [0, 0.1) is 0 Å². The summed E-state index contributed by atoms with van der Waals surface area (Å²) >= 11 is 1.66. The van der Waals surface area contributed by atoms with E-state index in [-0.39, 0.29) is 12.0 Å². The first-order chi connectivity index (χ1) is 8.20. The van der Waals surface area contributed by atoms with E-state index in [4.69, 9.17) is 4.42 Å². The van der Waals surface area contributed by atoms with Gasteiger partial charge in [0.1, 0.15) is 5.76 Å². The third-order valence-electron chi connectivity index (χ3n) is 2.91. The maximum atomic E-state index is 12.1. The molecule has 0 radical (unpaired) electrons. The van der Waals surface area contributed by atoms with Crippen molar-refractivity contribution in [3.8, 4) is 0 Å². The zero-order valence-corrected chi connectivity index (χ0v) is 10.7. The van der Waals surface area contributed by atoms with Crippen molar-refractivity contribution in [2.24, 2.45) is 0 Å². The van der Waals surface area contributed by atoms with Crippen LogP contribution in [-0.2, 0) is 5.75 Å². The van der Waals surface area contributed by atoms with Crippen molar-refractivity contribution in [3.05, 3.63) is 23.7 Å². The third kappa shape index (κ3) is 3.04.